The maximum atomic E-state index is 9.53. The summed E-state index contributed by atoms with van der Waals surface area (Å²) in [4.78, 5) is 4.35. The van der Waals surface area contributed by atoms with E-state index in [1.807, 2.05) is 13.8 Å². The van der Waals surface area contributed by atoms with Crippen LogP contribution in [0.3, 0.4) is 0 Å². The molecule has 0 aliphatic carbocycles. The molecule has 0 unspecified atom stereocenters. The molecule has 0 aliphatic rings. The Morgan fingerprint density at radius 3 is 2.75 bits per heavy atom. The number of aryl methyl sites for hydroxylation is 1. The number of nitrogens with zero attached hydrogens (tertiary/aromatic N) is 1. The summed E-state index contributed by atoms with van der Waals surface area (Å²) < 4.78 is 11.0. The molecule has 2 aromatic rings. The molecule has 2 rings (SSSR count). The van der Waals surface area contributed by atoms with Gasteiger partial charge in [0.2, 0.25) is 0 Å². The highest BCUT2D eigenvalue weighted by atomic mass is 16.5. The Kier molecular flexibility index (Phi) is 3.98. The van der Waals surface area contributed by atoms with Gasteiger partial charge in [-0.05, 0) is 26.0 Å². The number of anilines is 1. The maximum Gasteiger partial charge on any atom is 0.146 e. The highest BCUT2D eigenvalue weighted by molar-refractivity contribution is 5.61. The molecule has 0 saturated heterocycles. The second kappa shape index (κ2) is 5.69. The Hall–Kier alpha value is -2.43. The van der Waals surface area contributed by atoms with Crippen LogP contribution in [0.2, 0.25) is 0 Å². The summed E-state index contributed by atoms with van der Waals surface area (Å²) >= 11 is 0. The first-order valence-corrected chi connectivity index (χ1v) is 6.24. The van der Waals surface area contributed by atoms with Crippen molar-refractivity contribution in [2.45, 2.75) is 20.5 Å². The van der Waals surface area contributed by atoms with Gasteiger partial charge in [-0.3, -0.25) is 4.98 Å². The van der Waals surface area contributed by atoms with Crippen LogP contribution in [-0.2, 0) is 6.61 Å². The zero-order valence-corrected chi connectivity index (χ0v) is 11.8. The Labute approximate surface area is 118 Å². The largest absolute Gasteiger partial charge is 0.506 e. The quantitative estimate of drug-likeness (QED) is 0.662. The molecule has 1 aromatic carbocycles. The highest BCUT2D eigenvalue weighted by Gasteiger charge is 2.11. The van der Waals surface area contributed by atoms with Crippen molar-refractivity contribution in [3.05, 3.63) is 41.2 Å². The van der Waals surface area contributed by atoms with Crippen LogP contribution in [-0.4, -0.2) is 17.2 Å². The fourth-order valence-electron chi connectivity index (χ4n) is 2.02. The number of benzene rings is 1. The van der Waals surface area contributed by atoms with Gasteiger partial charge in [0.25, 0.3) is 0 Å². The van der Waals surface area contributed by atoms with Gasteiger partial charge in [-0.15, -0.1) is 0 Å². The third-order valence-corrected chi connectivity index (χ3v) is 3.16. The molecule has 0 fully saturated rings. The monoisotopic (exact) mass is 274 g/mol. The number of phenolic OH excluding ortho intramolecular Hbond substituents is 1. The lowest BCUT2D eigenvalue weighted by Crippen LogP contribution is -2.05. The molecule has 0 saturated carbocycles. The van der Waals surface area contributed by atoms with Crippen LogP contribution in [0, 0.1) is 13.8 Å². The van der Waals surface area contributed by atoms with Gasteiger partial charge in [-0.2, -0.15) is 0 Å². The lowest BCUT2D eigenvalue weighted by atomic mass is 10.1. The Morgan fingerprint density at radius 1 is 1.30 bits per heavy atom. The summed E-state index contributed by atoms with van der Waals surface area (Å²) in [6.07, 6.45) is 1.75. The van der Waals surface area contributed by atoms with Gasteiger partial charge in [-0.1, -0.05) is 6.07 Å². The Bertz CT molecular complexity index is 627. The summed E-state index contributed by atoms with van der Waals surface area (Å²) in [6.45, 7) is 4.14. The first kappa shape index (κ1) is 14.0. The van der Waals surface area contributed by atoms with E-state index in [1.165, 1.54) is 6.07 Å². The van der Waals surface area contributed by atoms with E-state index in [1.54, 1.807) is 25.4 Å². The van der Waals surface area contributed by atoms with Gasteiger partial charge in [0, 0.05) is 17.3 Å². The number of nitrogen functional groups attached to an aromatic ring is 1. The molecule has 0 bridgehead atoms. The van der Waals surface area contributed by atoms with Crippen molar-refractivity contribution in [2.75, 3.05) is 12.8 Å². The number of hydrogen-bond acceptors (Lipinski definition) is 5. The van der Waals surface area contributed by atoms with Gasteiger partial charge in [0.05, 0.1) is 12.8 Å². The van der Waals surface area contributed by atoms with Crippen molar-refractivity contribution in [1.29, 1.82) is 0 Å². The van der Waals surface area contributed by atoms with Crippen molar-refractivity contribution in [2.24, 2.45) is 0 Å². The number of hydrogen-bond donors (Lipinski definition) is 2. The number of nitrogens with two attached hydrogens (primary N) is 1. The normalized spacial score (nSPS) is 10.3. The van der Waals surface area contributed by atoms with Crippen LogP contribution in [0.1, 0.15) is 16.8 Å². The van der Waals surface area contributed by atoms with Crippen molar-refractivity contribution in [3.63, 3.8) is 0 Å². The second-order valence-electron chi connectivity index (χ2n) is 4.52. The molecule has 0 radical (unpaired) electrons. The minimum Gasteiger partial charge on any atom is -0.506 e. The summed E-state index contributed by atoms with van der Waals surface area (Å²) in [5, 5.41) is 9.53. The molecule has 0 amide bonds. The zero-order chi connectivity index (χ0) is 14.7. The molecular formula is C15H18N2O3. The van der Waals surface area contributed by atoms with E-state index in [9.17, 15) is 5.11 Å². The van der Waals surface area contributed by atoms with Crippen molar-refractivity contribution in [3.8, 4) is 17.2 Å². The van der Waals surface area contributed by atoms with Gasteiger partial charge < -0.3 is 20.3 Å². The molecule has 5 nitrogen and oxygen atoms in total. The van der Waals surface area contributed by atoms with E-state index in [0.717, 1.165) is 22.6 Å². The molecule has 0 spiro atoms. The fraction of sp³-hybridized carbons (Fsp3) is 0.267. The molecule has 1 heterocycles. The average Bonchev–Trinajstić information content (AvgIpc) is 2.43. The van der Waals surface area contributed by atoms with Crippen molar-refractivity contribution in [1.82, 2.24) is 4.98 Å². The van der Waals surface area contributed by atoms with E-state index < -0.39 is 0 Å². The van der Waals surface area contributed by atoms with Crippen molar-refractivity contribution < 1.29 is 14.6 Å². The topological polar surface area (TPSA) is 77.6 Å². The van der Waals surface area contributed by atoms with E-state index in [-0.39, 0.29) is 18.0 Å². The van der Waals surface area contributed by atoms with E-state index in [0.29, 0.717) is 5.75 Å². The molecule has 5 heteroatoms. The van der Waals surface area contributed by atoms with E-state index in [4.69, 9.17) is 15.2 Å². The van der Waals surface area contributed by atoms with Crippen LogP contribution in [0.15, 0.2) is 24.4 Å². The van der Waals surface area contributed by atoms with Crippen LogP contribution >= 0.6 is 0 Å². The Balaban J connectivity index is 2.21. The Morgan fingerprint density at radius 2 is 2.05 bits per heavy atom. The standard InChI is InChI=1S/C15H18N2O3/c1-9-7-17-11(10(2)15(9)19-3)8-20-13-6-4-5-12(18)14(13)16/h4-7,18H,8,16H2,1-3H3. The number of phenols is 1. The fourth-order valence-corrected chi connectivity index (χ4v) is 2.02. The minimum atomic E-state index is 0.00803. The first-order chi connectivity index (χ1) is 9.54. The van der Waals surface area contributed by atoms with E-state index in [2.05, 4.69) is 4.98 Å². The summed E-state index contributed by atoms with van der Waals surface area (Å²) in [6, 6.07) is 4.90. The lowest BCUT2D eigenvalue weighted by molar-refractivity contribution is 0.299. The molecule has 106 valence electrons. The van der Waals surface area contributed by atoms with Crippen molar-refractivity contribution >= 4 is 5.69 Å². The van der Waals surface area contributed by atoms with Gasteiger partial charge in [-0.25, -0.2) is 0 Å². The van der Waals surface area contributed by atoms with Crippen LogP contribution in [0.25, 0.3) is 0 Å². The number of aromatic nitrogens is 1. The summed E-state index contributed by atoms with van der Waals surface area (Å²) in [5.74, 6) is 1.25. The van der Waals surface area contributed by atoms with Crippen LogP contribution in [0.5, 0.6) is 17.2 Å². The molecule has 3 N–H and O–H groups in total. The van der Waals surface area contributed by atoms with E-state index >= 15 is 0 Å². The average molecular weight is 274 g/mol. The summed E-state index contributed by atoms with van der Waals surface area (Å²) in [7, 11) is 1.63. The predicted octanol–water partition coefficient (Wildman–Crippen LogP) is 2.57. The predicted molar refractivity (Wildman–Crippen MR) is 77.1 cm³/mol. The SMILES string of the molecule is COc1c(C)cnc(COc2cccc(O)c2N)c1C. The van der Waals surface area contributed by atoms with Gasteiger partial charge >= 0.3 is 0 Å². The second-order valence-corrected chi connectivity index (χ2v) is 4.52. The van der Waals surface area contributed by atoms with Gasteiger partial charge in [0.15, 0.2) is 0 Å². The maximum absolute atomic E-state index is 9.53. The highest BCUT2D eigenvalue weighted by Crippen LogP contribution is 2.31. The molecular weight excluding hydrogens is 256 g/mol. The molecule has 1 aromatic heterocycles. The number of ether oxygens (including phenoxy) is 2. The van der Waals surface area contributed by atoms with Crippen LogP contribution in [0.4, 0.5) is 5.69 Å². The summed E-state index contributed by atoms with van der Waals surface area (Å²) in [5.41, 5.74) is 8.66. The number of aromatic hydroxyl groups is 1. The number of para-hydroxylation sites is 1. The molecule has 0 aliphatic heterocycles. The van der Waals surface area contributed by atoms with Crippen LogP contribution < -0.4 is 15.2 Å². The smallest absolute Gasteiger partial charge is 0.146 e. The third-order valence-electron chi connectivity index (χ3n) is 3.16. The first-order valence-electron chi connectivity index (χ1n) is 6.24. The zero-order valence-electron chi connectivity index (χ0n) is 11.8. The van der Waals surface area contributed by atoms with Gasteiger partial charge in [0.1, 0.15) is 29.5 Å². The lowest BCUT2D eigenvalue weighted by Gasteiger charge is -2.14. The minimum absolute atomic E-state index is 0.00803. The molecule has 0 atom stereocenters. The third kappa shape index (κ3) is 2.61. The number of rotatable bonds is 4. The number of methoxy groups -OCH3 is 1. The molecule has 20 heavy (non-hydrogen) atoms. The number of pyridine rings is 1.